The van der Waals surface area contributed by atoms with Gasteiger partial charge in [-0.05, 0) is 25.8 Å². The molecule has 2 aromatic heterocycles. The van der Waals surface area contributed by atoms with E-state index in [2.05, 4.69) is 28.6 Å². The lowest BCUT2D eigenvalue weighted by Crippen LogP contribution is -2.12. The smallest absolute Gasteiger partial charge is 0.288 e. The van der Waals surface area contributed by atoms with Crippen molar-refractivity contribution in [2.75, 3.05) is 0 Å². The fourth-order valence-electron chi connectivity index (χ4n) is 2.29. The molecule has 17 heavy (non-hydrogen) atoms. The molecule has 0 atom stereocenters. The Balaban J connectivity index is 2.81. The molecule has 0 aliphatic rings. The molecule has 4 heteroatoms. The van der Waals surface area contributed by atoms with Crippen molar-refractivity contribution in [3.05, 3.63) is 40.0 Å². The first-order valence-electron chi connectivity index (χ1n) is 5.87. The van der Waals surface area contributed by atoms with Crippen molar-refractivity contribution in [1.29, 1.82) is 0 Å². The highest BCUT2D eigenvalue weighted by Crippen LogP contribution is 2.22. The maximum atomic E-state index is 11.9. The predicted molar refractivity (Wildman–Crippen MR) is 69.3 cm³/mol. The summed E-state index contributed by atoms with van der Waals surface area (Å²) in [5, 5.41) is 7.36. The van der Waals surface area contributed by atoms with Crippen molar-refractivity contribution in [2.24, 2.45) is 0 Å². The zero-order valence-electron chi connectivity index (χ0n) is 10.4. The van der Waals surface area contributed by atoms with Crippen LogP contribution in [0, 0.1) is 6.92 Å². The van der Waals surface area contributed by atoms with Crippen LogP contribution in [-0.4, -0.2) is 14.8 Å². The maximum absolute atomic E-state index is 11.9. The predicted octanol–water partition coefficient (Wildman–Crippen LogP) is 2.17. The zero-order chi connectivity index (χ0) is 12.4. The highest BCUT2D eigenvalue weighted by molar-refractivity contribution is 5.83. The third-order valence-corrected chi connectivity index (χ3v) is 3.14. The van der Waals surface area contributed by atoms with Gasteiger partial charge in [0, 0.05) is 17.6 Å². The summed E-state index contributed by atoms with van der Waals surface area (Å²) in [4.78, 5) is 11.9. The molecule has 0 aliphatic carbocycles. The molecule has 1 N–H and O–H groups in total. The molecule has 0 aliphatic heterocycles. The van der Waals surface area contributed by atoms with Crippen LogP contribution in [0.4, 0.5) is 0 Å². The second kappa shape index (κ2) is 4.57. The van der Waals surface area contributed by atoms with Gasteiger partial charge in [-0.15, -0.1) is 0 Å². The largest absolute Gasteiger partial charge is 0.336 e. The first kappa shape index (κ1) is 11.6. The second-order valence-electron chi connectivity index (χ2n) is 4.06. The number of allylic oxidation sites excluding steroid dienone is 2. The van der Waals surface area contributed by atoms with Crippen molar-refractivity contribution < 1.29 is 0 Å². The van der Waals surface area contributed by atoms with Crippen molar-refractivity contribution in [2.45, 2.75) is 33.7 Å². The van der Waals surface area contributed by atoms with Crippen LogP contribution in [0.3, 0.4) is 0 Å². The topological polar surface area (TPSA) is 50.7 Å². The number of nitrogens with one attached hydrogen (secondary N) is 1. The number of aryl methyl sites for hydroxylation is 1. The number of aromatic nitrogens is 3. The molecule has 90 valence electrons. The molecule has 0 aromatic carbocycles. The lowest BCUT2D eigenvalue weighted by atomic mass is 10.1. The second-order valence-corrected chi connectivity index (χ2v) is 4.06. The number of hydrogen-bond acceptors (Lipinski definition) is 2. The van der Waals surface area contributed by atoms with Gasteiger partial charge in [-0.2, -0.15) is 5.10 Å². The first-order chi connectivity index (χ1) is 8.20. The van der Waals surface area contributed by atoms with Crippen LogP contribution in [0.1, 0.15) is 25.1 Å². The summed E-state index contributed by atoms with van der Waals surface area (Å²) < 4.78 is 2.05. The summed E-state index contributed by atoms with van der Waals surface area (Å²) in [6.45, 7) is 6.87. The molecular formula is C13H17N3O. The number of fused-ring (bicyclic) bond motifs is 1. The van der Waals surface area contributed by atoms with Crippen LogP contribution in [0.15, 0.2) is 23.1 Å². The molecule has 0 fully saturated rings. The fraction of sp³-hybridized carbons (Fsp3) is 0.385. The molecule has 2 rings (SSSR count). The number of aromatic amines is 1. The van der Waals surface area contributed by atoms with E-state index in [4.69, 9.17) is 0 Å². The molecule has 4 nitrogen and oxygen atoms in total. The average molecular weight is 231 g/mol. The summed E-state index contributed by atoms with van der Waals surface area (Å²) in [6, 6.07) is 0. The van der Waals surface area contributed by atoms with E-state index in [1.807, 2.05) is 19.1 Å². The van der Waals surface area contributed by atoms with Gasteiger partial charge in [0.05, 0.1) is 6.20 Å². The third kappa shape index (κ3) is 1.79. The highest BCUT2D eigenvalue weighted by Gasteiger charge is 2.14. The number of rotatable bonds is 3. The fourth-order valence-corrected chi connectivity index (χ4v) is 2.29. The monoisotopic (exact) mass is 231 g/mol. The highest BCUT2D eigenvalue weighted by atomic mass is 16.1. The average Bonchev–Trinajstić information content (AvgIpc) is 2.60. The van der Waals surface area contributed by atoms with Gasteiger partial charge in [0.1, 0.15) is 5.52 Å². The van der Waals surface area contributed by atoms with E-state index in [-0.39, 0.29) is 5.56 Å². The molecule has 0 saturated heterocycles. The van der Waals surface area contributed by atoms with E-state index < -0.39 is 0 Å². The lowest BCUT2D eigenvalue weighted by molar-refractivity contribution is 0.809. The SMILES string of the molecule is C/C=C/Cn1c(C)c(CC)c2cn[nH]c(=O)c21. The minimum absolute atomic E-state index is 0.116. The molecule has 0 amide bonds. The van der Waals surface area contributed by atoms with Gasteiger partial charge < -0.3 is 4.57 Å². The number of hydrogen-bond donors (Lipinski definition) is 1. The van der Waals surface area contributed by atoms with E-state index in [1.54, 1.807) is 6.20 Å². The normalized spacial score (nSPS) is 11.7. The molecule has 0 unspecified atom stereocenters. The summed E-state index contributed by atoms with van der Waals surface area (Å²) in [6.07, 6.45) is 6.70. The van der Waals surface area contributed by atoms with Gasteiger partial charge in [0.15, 0.2) is 0 Å². The maximum Gasteiger partial charge on any atom is 0.288 e. The number of H-pyrrole nitrogens is 1. The Hall–Kier alpha value is -1.84. The van der Waals surface area contributed by atoms with Crippen molar-refractivity contribution in [1.82, 2.24) is 14.8 Å². The van der Waals surface area contributed by atoms with Crippen molar-refractivity contribution in [3.8, 4) is 0 Å². The van der Waals surface area contributed by atoms with Crippen LogP contribution in [0.2, 0.25) is 0 Å². The Bertz CT molecular complexity index is 619. The van der Waals surface area contributed by atoms with E-state index >= 15 is 0 Å². The van der Waals surface area contributed by atoms with Gasteiger partial charge in [-0.25, -0.2) is 5.10 Å². The van der Waals surface area contributed by atoms with Crippen LogP contribution in [-0.2, 0) is 13.0 Å². The van der Waals surface area contributed by atoms with Crippen molar-refractivity contribution in [3.63, 3.8) is 0 Å². The standard InChI is InChI=1S/C13H17N3O/c1-4-6-7-16-9(3)10(5-2)11-8-14-15-13(17)12(11)16/h4,6,8H,5,7H2,1-3H3,(H,15,17)/b6-4+. The quantitative estimate of drug-likeness (QED) is 0.823. The molecule has 2 heterocycles. The van der Waals surface area contributed by atoms with Gasteiger partial charge in [-0.3, -0.25) is 4.79 Å². The minimum atomic E-state index is -0.116. The van der Waals surface area contributed by atoms with E-state index in [0.29, 0.717) is 0 Å². The van der Waals surface area contributed by atoms with Crippen LogP contribution in [0.5, 0.6) is 0 Å². The Morgan fingerprint density at radius 3 is 2.94 bits per heavy atom. The minimum Gasteiger partial charge on any atom is -0.336 e. The molecular weight excluding hydrogens is 214 g/mol. The Kier molecular flexibility index (Phi) is 3.13. The van der Waals surface area contributed by atoms with Gasteiger partial charge in [0.25, 0.3) is 5.56 Å². The molecule has 0 bridgehead atoms. The molecule has 0 radical (unpaired) electrons. The van der Waals surface area contributed by atoms with Crippen LogP contribution in [0.25, 0.3) is 10.9 Å². The van der Waals surface area contributed by atoms with E-state index in [9.17, 15) is 4.79 Å². The first-order valence-corrected chi connectivity index (χ1v) is 5.87. The number of nitrogens with zero attached hydrogens (tertiary/aromatic N) is 2. The zero-order valence-corrected chi connectivity index (χ0v) is 10.4. The van der Waals surface area contributed by atoms with Crippen LogP contribution >= 0.6 is 0 Å². The summed E-state index contributed by atoms with van der Waals surface area (Å²) in [5.74, 6) is 0. The molecule has 0 saturated carbocycles. The summed E-state index contributed by atoms with van der Waals surface area (Å²) in [7, 11) is 0. The van der Waals surface area contributed by atoms with Gasteiger partial charge in [0.2, 0.25) is 0 Å². The lowest BCUT2D eigenvalue weighted by Gasteiger charge is -2.03. The Labute approximate surface area is 100.0 Å². The van der Waals surface area contributed by atoms with E-state index in [1.165, 1.54) is 5.56 Å². The van der Waals surface area contributed by atoms with Gasteiger partial charge >= 0.3 is 0 Å². The molecule has 2 aromatic rings. The summed E-state index contributed by atoms with van der Waals surface area (Å²) >= 11 is 0. The Morgan fingerprint density at radius 2 is 2.29 bits per heavy atom. The van der Waals surface area contributed by atoms with Gasteiger partial charge in [-0.1, -0.05) is 19.1 Å². The van der Waals surface area contributed by atoms with E-state index in [0.717, 1.165) is 29.6 Å². The van der Waals surface area contributed by atoms with Crippen LogP contribution < -0.4 is 5.56 Å². The molecule has 0 spiro atoms. The Morgan fingerprint density at radius 1 is 1.53 bits per heavy atom. The summed E-state index contributed by atoms with van der Waals surface area (Å²) in [5.41, 5.74) is 2.98. The third-order valence-electron chi connectivity index (χ3n) is 3.14. The van der Waals surface area contributed by atoms with Crippen molar-refractivity contribution >= 4 is 10.9 Å².